The van der Waals surface area contributed by atoms with Crippen LogP contribution in [0.25, 0.3) is 33.1 Å². The molecule has 1 aliphatic carbocycles. The van der Waals surface area contributed by atoms with E-state index in [2.05, 4.69) is 16.7 Å². The second kappa shape index (κ2) is 21.4. The van der Waals surface area contributed by atoms with Gasteiger partial charge in [-0.1, -0.05) is 67.4 Å². The van der Waals surface area contributed by atoms with Crippen LogP contribution in [-0.4, -0.2) is 35.6 Å². The van der Waals surface area contributed by atoms with Gasteiger partial charge in [0.1, 0.15) is 5.75 Å². The van der Waals surface area contributed by atoms with Crippen molar-refractivity contribution in [1.29, 1.82) is 0 Å². The van der Waals surface area contributed by atoms with Crippen molar-refractivity contribution in [1.82, 2.24) is 15.3 Å². The number of anilines is 1. The lowest BCUT2D eigenvalue weighted by atomic mass is 9.92. The van der Waals surface area contributed by atoms with E-state index < -0.39 is 0 Å². The molecule has 2 aliphatic rings. The van der Waals surface area contributed by atoms with Crippen molar-refractivity contribution < 1.29 is 9.53 Å². The molecule has 0 spiro atoms. The topological polar surface area (TPSA) is 76.1 Å². The third-order valence-corrected chi connectivity index (χ3v) is 10.4. The lowest BCUT2D eigenvalue weighted by Crippen LogP contribution is -2.24. The molecule has 1 amide bonds. The van der Waals surface area contributed by atoms with Crippen LogP contribution in [0.4, 0.5) is 5.69 Å². The Morgan fingerprint density at radius 3 is 2.11 bits per heavy atom. The van der Waals surface area contributed by atoms with Gasteiger partial charge in [-0.3, -0.25) is 9.78 Å². The van der Waals surface area contributed by atoms with Gasteiger partial charge in [0.25, 0.3) is 5.91 Å². The van der Waals surface area contributed by atoms with Gasteiger partial charge >= 0.3 is 0 Å². The van der Waals surface area contributed by atoms with Crippen LogP contribution in [0, 0.1) is 0 Å². The molecule has 7 rings (SSSR count). The third kappa shape index (κ3) is 10.7. The number of aryl methyl sites for hydroxylation is 1. The van der Waals surface area contributed by atoms with Crippen molar-refractivity contribution in [3.63, 3.8) is 0 Å². The number of nitrogens with zero attached hydrogens (tertiary/aromatic N) is 2. The number of benzene rings is 3. The molecule has 3 aromatic carbocycles. The molecule has 0 radical (unpaired) electrons. The van der Waals surface area contributed by atoms with Crippen LogP contribution in [0.2, 0.25) is 10.0 Å². The molecule has 2 N–H and O–H groups in total. The molecule has 5 aromatic rings. The zero-order valence-corrected chi connectivity index (χ0v) is 34.5. The number of rotatable bonds is 13. The Morgan fingerprint density at radius 1 is 0.660 bits per heavy atom. The quantitative estimate of drug-likeness (QED) is 0.116. The summed E-state index contributed by atoms with van der Waals surface area (Å²) in [5.41, 5.74) is 9.43. The number of fused-ring (bicyclic) bond motifs is 5. The molecule has 0 saturated heterocycles. The van der Waals surface area contributed by atoms with Gasteiger partial charge in [0.2, 0.25) is 0 Å². The number of amides is 1. The molecule has 12 heteroatoms. The fourth-order valence-electron chi connectivity index (χ4n) is 7.33. The molecule has 6 nitrogen and oxygen atoms in total. The number of unbranched alkanes of at least 4 members (excludes halogenated alkanes) is 6. The Labute approximate surface area is 347 Å². The summed E-state index contributed by atoms with van der Waals surface area (Å²) in [5, 5.41) is 10.4. The highest BCUT2D eigenvalue weighted by atomic mass is 35.5. The highest BCUT2D eigenvalue weighted by Crippen LogP contribution is 2.39. The Bertz CT molecular complexity index is 1980. The van der Waals surface area contributed by atoms with E-state index in [1.54, 1.807) is 0 Å². The summed E-state index contributed by atoms with van der Waals surface area (Å²) in [6.07, 6.45) is 14.6. The Balaban J connectivity index is 0.00000189. The first-order valence-electron chi connectivity index (χ1n) is 18.0. The van der Waals surface area contributed by atoms with E-state index in [9.17, 15) is 4.79 Å². The van der Waals surface area contributed by atoms with E-state index in [4.69, 9.17) is 37.9 Å². The van der Waals surface area contributed by atoms with E-state index >= 15 is 0 Å². The molecule has 286 valence electrons. The predicted molar refractivity (Wildman–Crippen MR) is 232 cm³/mol. The lowest BCUT2D eigenvalue weighted by Gasteiger charge is -2.22. The van der Waals surface area contributed by atoms with Gasteiger partial charge in [0, 0.05) is 62.0 Å². The van der Waals surface area contributed by atoms with Gasteiger partial charge in [-0.05, 0) is 105 Å². The third-order valence-electron chi connectivity index (χ3n) is 9.90. The number of aromatic nitrogens is 2. The maximum atomic E-state index is 13.1. The molecule has 0 saturated carbocycles. The molecule has 0 fully saturated rings. The molecule has 53 heavy (non-hydrogen) atoms. The molecular weight excluding hydrogens is 793 g/mol. The summed E-state index contributed by atoms with van der Waals surface area (Å²) < 4.78 is 6.18. The summed E-state index contributed by atoms with van der Waals surface area (Å²) in [4.78, 5) is 23.0. The second-order valence-electron chi connectivity index (χ2n) is 13.4. The minimum absolute atomic E-state index is 0. The van der Waals surface area contributed by atoms with E-state index in [0.29, 0.717) is 23.7 Å². The van der Waals surface area contributed by atoms with Crippen LogP contribution < -0.4 is 15.4 Å². The van der Waals surface area contributed by atoms with E-state index in [1.165, 1.54) is 60.9 Å². The number of ether oxygens (including phenoxy) is 1. The van der Waals surface area contributed by atoms with Crippen molar-refractivity contribution in [2.24, 2.45) is 0 Å². The van der Waals surface area contributed by atoms with Gasteiger partial charge in [-0.15, -0.1) is 49.6 Å². The van der Waals surface area contributed by atoms with Crippen LogP contribution in [0.5, 0.6) is 5.75 Å². The monoisotopic (exact) mass is 838 g/mol. The standard InChI is InChI=1S/C41H44Cl2N4O2.4ClH/c42-29-17-14-27(15-18-29)38-33-12-10-24-49-40(33)34-25-28(16-21-36(34)47-38)41(48)45-23-9-5-3-1-2-4-8-22-44-39-31-11-6-7-13-35(31)46-37-26-30(43)19-20-32(37)39;;;;/h14-21,25-26H,1-13,22-24H2,(H,44,46)(H,45,48);4*1H. The SMILES string of the molecule is Cl.Cl.Cl.Cl.O=C(NCCCCCCCCCNc1c2c(nc3cc(Cl)ccc13)CCCC2)c1ccc2nc(-c3ccc(Cl)cc3)c3c(c2c1)OCCC3. The first-order chi connectivity index (χ1) is 24.0. The second-order valence-corrected chi connectivity index (χ2v) is 14.3. The van der Waals surface area contributed by atoms with Crippen molar-refractivity contribution in [2.45, 2.75) is 83.5 Å². The van der Waals surface area contributed by atoms with Crippen LogP contribution in [0.1, 0.15) is 91.4 Å². The zero-order chi connectivity index (χ0) is 33.6. The molecule has 0 atom stereocenters. The minimum atomic E-state index is -0.0490. The highest BCUT2D eigenvalue weighted by Gasteiger charge is 2.22. The maximum Gasteiger partial charge on any atom is 0.251 e. The van der Waals surface area contributed by atoms with Crippen LogP contribution in [-0.2, 0) is 19.3 Å². The Hall–Kier alpha value is -2.71. The predicted octanol–water partition coefficient (Wildman–Crippen LogP) is 12.2. The minimum Gasteiger partial charge on any atom is -0.493 e. The number of halogens is 6. The largest absolute Gasteiger partial charge is 0.493 e. The maximum absolute atomic E-state index is 13.1. The lowest BCUT2D eigenvalue weighted by molar-refractivity contribution is 0.0953. The molecule has 3 heterocycles. The van der Waals surface area contributed by atoms with Crippen molar-refractivity contribution in [3.8, 4) is 17.0 Å². The summed E-state index contributed by atoms with van der Waals surface area (Å²) in [6, 6.07) is 19.6. The van der Waals surface area contributed by atoms with Gasteiger partial charge in [0.05, 0.1) is 23.3 Å². The fraction of sp³-hybridized carbons (Fsp3) is 0.390. The average Bonchev–Trinajstić information content (AvgIpc) is 3.13. The summed E-state index contributed by atoms with van der Waals surface area (Å²) in [5.74, 6) is 0.800. The fourth-order valence-corrected chi connectivity index (χ4v) is 7.63. The summed E-state index contributed by atoms with van der Waals surface area (Å²) in [7, 11) is 0. The zero-order valence-electron chi connectivity index (χ0n) is 29.7. The first-order valence-corrected chi connectivity index (χ1v) is 18.8. The first kappa shape index (κ1) is 44.7. The average molecular weight is 842 g/mol. The molecule has 1 aliphatic heterocycles. The van der Waals surface area contributed by atoms with Crippen molar-refractivity contribution in [2.75, 3.05) is 25.0 Å². The Kier molecular flexibility index (Phi) is 18.0. The molecule has 2 aromatic heterocycles. The van der Waals surface area contributed by atoms with Crippen LogP contribution in [0.15, 0.2) is 60.7 Å². The van der Waals surface area contributed by atoms with Gasteiger partial charge < -0.3 is 15.4 Å². The van der Waals surface area contributed by atoms with Crippen LogP contribution >= 0.6 is 72.8 Å². The number of carbonyl (C=O) groups is 1. The van der Waals surface area contributed by atoms with E-state index in [1.807, 2.05) is 54.6 Å². The number of carbonyl (C=O) groups excluding carboxylic acids is 1. The van der Waals surface area contributed by atoms with Crippen molar-refractivity contribution >= 4 is 106 Å². The smallest absolute Gasteiger partial charge is 0.251 e. The molecule has 0 bridgehead atoms. The highest BCUT2D eigenvalue weighted by molar-refractivity contribution is 6.31. The van der Waals surface area contributed by atoms with Crippen LogP contribution in [0.3, 0.4) is 0 Å². The van der Waals surface area contributed by atoms with E-state index in [0.717, 1.165) is 95.5 Å². The molecule has 0 unspecified atom stereocenters. The number of hydrogen-bond donors (Lipinski definition) is 2. The van der Waals surface area contributed by atoms with Gasteiger partial charge in [-0.2, -0.15) is 0 Å². The summed E-state index contributed by atoms with van der Waals surface area (Å²) >= 11 is 12.4. The number of nitrogens with one attached hydrogen (secondary N) is 2. The van der Waals surface area contributed by atoms with Gasteiger partial charge in [-0.25, -0.2) is 4.98 Å². The number of pyridine rings is 2. The summed E-state index contributed by atoms with van der Waals surface area (Å²) in [6.45, 7) is 2.32. The van der Waals surface area contributed by atoms with Crippen molar-refractivity contribution in [3.05, 3.63) is 93.1 Å². The Morgan fingerprint density at radius 2 is 1.34 bits per heavy atom. The van der Waals surface area contributed by atoms with E-state index in [-0.39, 0.29) is 55.5 Å². The molecular formula is C41H48Cl6N4O2. The van der Waals surface area contributed by atoms with Gasteiger partial charge in [0.15, 0.2) is 0 Å². The normalized spacial score (nSPS) is 12.9. The number of hydrogen-bond acceptors (Lipinski definition) is 5.